The third-order valence-electron chi connectivity index (χ3n) is 5.76. The van der Waals surface area contributed by atoms with Gasteiger partial charge in [0, 0.05) is 10.7 Å². The van der Waals surface area contributed by atoms with Crippen LogP contribution in [0.15, 0.2) is 113 Å². The minimum Gasteiger partial charge on any atom is -0.497 e. The van der Waals surface area contributed by atoms with Crippen molar-refractivity contribution in [2.45, 2.75) is 4.90 Å². The first-order valence-corrected chi connectivity index (χ1v) is 14.4. The van der Waals surface area contributed by atoms with E-state index in [0.29, 0.717) is 27.8 Å². The molecule has 0 atom stereocenters. The van der Waals surface area contributed by atoms with Crippen molar-refractivity contribution in [3.63, 3.8) is 0 Å². The fourth-order valence-corrected chi connectivity index (χ4v) is 5.23. The molecular weight excluding hydrogens is 580 g/mol. The lowest BCUT2D eigenvalue weighted by Crippen LogP contribution is -2.39. The van der Waals surface area contributed by atoms with E-state index in [1.54, 1.807) is 86.0 Å². The summed E-state index contributed by atoms with van der Waals surface area (Å²) in [5, 5.41) is 7.10. The molecule has 0 aromatic heterocycles. The number of sulfonamides is 1. The van der Waals surface area contributed by atoms with E-state index >= 15 is 0 Å². The summed E-state index contributed by atoms with van der Waals surface area (Å²) < 4.78 is 38.2. The van der Waals surface area contributed by atoms with Gasteiger partial charge >= 0.3 is 0 Å². The molecule has 2 N–H and O–H groups in total. The molecule has 42 heavy (non-hydrogen) atoms. The number of nitrogens with zero attached hydrogens (tertiary/aromatic N) is 2. The smallest absolute Gasteiger partial charge is 0.264 e. The van der Waals surface area contributed by atoms with Crippen molar-refractivity contribution in [3.05, 3.63) is 114 Å². The molecular formula is C30H27ClN4O6S. The number of rotatable bonds is 12. The molecule has 0 spiro atoms. The minimum absolute atomic E-state index is 0.0387. The van der Waals surface area contributed by atoms with E-state index in [1.807, 2.05) is 0 Å². The number of methoxy groups -OCH3 is 1. The number of hydrazone groups is 1. The van der Waals surface area contributed by atoms with Crippen LogP contribution in [0.4, 0.5) is 11.4 Å². The lowest BCUT2D eigenvalue weighted by Gasteiger charge is -2.23. The summed E-state index contributed by atoms with van der Waals surface area (Å²) in [7, 11) is -2.48. The summed E-state index contributed by atoms with van der Waals surface area (Å²) in [6.07, 6.45) is 1.40. The first-order chi connectivity index (χ1) is 20.2. The Bertz CT molecular complexity index is 1630. The molecule has 12 heteroatoms. The van der Waals surface area contributed by atoms with Crippen LogP contribution in [0.1, 0.15) is 5.56 Å². The van der Waals surface area contributed by atoms with E-state index in [0.717, 1.165) is 4.31 Å². The maximum absolute atomic E-state index is 13.3. The first-order valence-electron chi connectivity index (χ1n) is 12.6. The maximum atomic E-state index is 13.3. The summed E-state index contributed by atoms with van der Waals surface area (Å²) in [5.74, 6) is 0.174. The summed E-state index contributed by atoms with van der Waals surface area (Å²) in [6, 6.07) is 27.5. The molecule has 0 saturated heterocycles. The first kappa shape index (κ1) is 30.1. The zero-order valence-corrected chi connectivity index (χ0v) is 24.0. The zero-order chi connectivity index (χ0) is 30.0. The van der Waals surface area contributed by atoms with E-state index in [2.05, 4.69) is 15.8 Å². The molecule has 2 amide bonds. The topological polar surface area (TPSA) is 126 Å². The Kier molecular flexibility index (Phi) is 10.1. The van der Waals surface area contributed by atoms with Gasteiger partial charge in [0.1, 0.15) is 18.0 Å². The van der Waals surface area contributed by atoms with E-state index in [-0.39, 0.29) is 23.1 Å². The van der Waals surface area contributed by atoms with Gasteiger partial charge in [0.05, 0.1) is 23.9 Å². The Labute approximate surface area is 248 Å². The lowest BCUT2D eigenvalue weighted by molar-refractivity contribution is -0.119. The number of benzene rings is 4. The van der Waals surface area contributed by atoms with Crippen molar-refractivity contribution >= 4 is 51.0 Å². The normalized spacial score (nSPS) is 11.1. The number of halogens is 1. The Balaban J connectivity index is 1.32. The van der Waals surface area contributed by atoms with Crippen LogP contribution in [0, 0.1) is 0 Å². The Hall–Kier alpha value is -4.87. The highest BCUT2D eigenvalue weighted by Gasteiger charge is 2.27. The molecule has 0 radical (unpaired) electrons. The molecule has 0 heterocycles. The summed E-state index contributed by atoms with van der Waals surface area (Å²) in [6.45, 7) is -0.701. The van der Waals surface area contributed by atoms with Gasteiger partial charge in [-0.1, -0.05) is 29.8 Å². The number of hydrogen-bond acceptors (Lipinski definition) is 7. The molecule has 4 aromatic carbocycles. The van der Waals surface area contributed by atoms with E-state index in [1.165, 1.54) is 30.5 Å². The van der Waals surface area contributed by atoms with Crippen LogP contribution >= 0.6 is 11.6 Å². The van der Waals surface area contributed by atoms with Crippen molar-refractivity contribution in [2.75, 3.05) is 29.9 Å². The molecule has 216 valence electrons. The number of nitrogens with one attached hydrogen (secondary N) is 2. The highest BCUT2D eigenvalue weighted by molar-refractivity contribution is 7.92. The van der Waals surface area contributed by atoms with Gasteiger partial charge in [-0.25, -0.2) is 13.8 Å². The predicted molar refractivity (Wildman–Crippen MR) is 162 cm³/mol. The van der Waals surface area contributed by atoms with Crippen molar-refractivity contribution in [1.29, 1.82) is 0 Å². The molecule has 10 nitrogen and oxygen atoms in total. The fourth-order valence-electron chi connectivity index (χ4n) is 3.66. The second kappa shape index (κ2) is 14.2. The Morgan fingerprint density at radius 2 is 1.50 bits per heavy atom. The van der Waals surface area contributed by atoms with Crippen molar-refractivity contribution in [3.8, 4) is 11.5 Å². The number of hydrogen-bond donors (Lipinski definition) is 2. The van der Waals surface area contributed by atoms with E-state index in [9.17, 15) is 18.0 Å². The summed E-state index contributed by atoms with van der Waals surface area (Å²) in [5.41, 5.74) is 3.88. The average molecular weight is 607 g/mol. The molecule has 0 saturated carbocycles. The van der Waals surface area contributed by atoms with Gasteiger partial charge in [0.2, 0.25) is 0 Å². The number of carbonyl (C=O) groups excluding carboxylic acids is 2. The highest BCUT2D eigenvalue weighted by Crippen LogP contribution is 2.25. The lowest BCUT2D eigenvalue weighted by atomic mass is 10.2. The maximum Gasteiger partial charge on any atom is 0.264 e. The number of ether oxygens (including phenoxy) is 2. The second-order valence-corrected chi connectivity index (χ2v) is 11.0. The van der Waals surface area contributed by atoms with Gasteiger partial charge in [-0.2, -0.15) is 5.10 Å². The average Bonchev–Trinajstić information content (AvgIpc) is 3.01. The molecule has 0 unspecified atom stereocenters. The highest BCUT2D eigenvalue weighted by atomic mass is 35.5. The molecule has 0 fully saturated rings. The summed E-state index contributed by atoms with van der Waals surface area (Å²) >= 11 is 5.96. The van der Waals surface area contributed by atoms with Crippen LogP contribution in [0.5, 0.6) is 11.5 Å². The second-order valence-electron chi connectivity index (χ2n) is 8.73. The van der Waals surface area contributed by atoms with Crippen LogP contribution in [0.2, 0.25) is 5.02 Å². The van der Waals surface area contributed by atoms with Crippen LogP contribution < -0.4 is 24.5 Å². The predicted octanol–water partition coefficient (Wildman–Crippen LogP) is 4.71. The SMILES string of the molecule is COc1ccc(NC(=O)COc2ccc(/C=N\NC(=O)CN(c3ccc(Cl)cc3)S(=O)(=O)c3ccccc3)cc2)cc1. The summed E-state index contributed by atoms with van der Waals surface area (Å²) in [4.78, 5) is 24.9. The standard InChI is InChI=1S/C30H27ClN4O6S/c1-40-26-17-11-24(12-18-26)33-30(37)21-41-27-15-7-22(8-16-27)19-32-34-29(36)20-35(25-13-9-23(31)10-14-25)42(38,39)28-5-3-2-4-6-28/h2-19H,20-21H2,1H3,(H,33,37)(H,34,36)/b32-19-. The monoisotopic (exact) mass is 606 g/mol. The fraction of sp³-hybridized carbons (Fsp3) is 0.100. The van der Waals surface area contributed by atoms with Crippen LogP contribution in [-0.2, 0) is 19.6 Å². The largest absolute Gasteiger partial charge is 0.497 e. The molecule has 4 rings (SSSR count). The molecule has 0 aliphatic rings. The van der Waals surface area contributed by atoms with Crippen LogP contribution in [0.25, 0.3) is 0 Å². The van der Waals surface area contributed by atoms with Gasteiger partial charge in [-0.3, -0.25) is 13.9 Å². The van der Waals surface area contributed by atoms with Gasteiger partial charge in [0.25, 0.3) is 21.8 Å². The number of anilines is 2. The minimum atomic E-state index is -4.05. The van der Waals surface area contributed by atoms with Crippen molar-refractivity contribution in [1.82, 2.24) is 5.43 Å². The Morgan fingerprint density at radius 1 is 0.857 bits per heavy atom. The quantitative estimate of drug-likeness (QED) is 0.178. The zero-order valence-electron chi connectivity index (χ0n) is 22.4. The van der Waals surface area contributed by atoms with Gasteiger partial charge < -0.3 is 14.8 Å². The third-order valence-corrected chi connectivity index (χ3v) is 7.80. The molecule has 0 aliphatic carbocycles. The molecule has 4 aromatic rings. The third kappa shape index (κ3) is 8.32. The Morgan fingerprint density at radius 3 is 2.14 bits per heavy atom. The number of carbonyl (C=O) groups is 2. The van der Waals surface area contributed by atoms with Gasteiger partial charge in [0.15, 0.2) is 6.61 Å². The van der Waals surface area contributed by atoms with Crippen LogP contribution in [0.3, 0.4) is 0 Å². The van der Waals surface area contributed by atoms with Crippen molar-refractivity contribution in [2.24, 2.45) is 5.10 Å². The molecule has 0 aliphatic heterocycles. The van der Waals surface area contributed by atoms with E-state index in [4.69, 9.17) is 21.1 Å². The van der Waals surface area contributed by atoms with Crippen LogP contribution in [-0.4, -0.2) is 46.7 Å². The number of amides is 2. The van der Waals surface area contributed by atoms with Gasteiger partial charge in [-0.05, 0) is 90.5 Å². The van der Waals surface area contributed by atoms with Gasteiger partial charge in [-0.15, -0.1) is 0 Å². The van der Waals surface area contributed by atoms with E-state index < -0.39 is 22.5 Å². The molecule has 0 bridgehead atoms. The van der Waals surface area contributed by atoms with Crippen molar-refractivity contribution < 1.29 is 27.5 Å².